The standard InChI is InChI=1S/C12H20N4O2/c1-3-7-15(4-2)9-10-8-11(16(17)18)5-6-12(10)14-13/h5-6,8,14H,3-4,7,9,13H2,1-2H3. The molecule has 0 fully saturated rings. The molecule has 0 radical (unpaired) electrons. The molecule has 0 aliphatic heterocycles. The van der Waals surface area contributed by atoms with Gasteiger partial charge in [0.25, 0.3) is 5.69 Å². The van der Waals surface area contributed by atoms with Crippen LogP contribution in [0.2, 0.25) is 0 Å². The average Bonchev–Trinajstić information content (AvgIpc) is 2.37. The Morgan fingerprint density at radius 1 is 1.44 bits per heavy atom. The molecule has 0 heterocycles. The van der Waals surface area contributed by atoms with Gasteiger partial charge in [-0.15, -0.1) is 0 Å². The topological polar surface area (TPSA) is 84.4 Å². The second-order valence-electron chi connectivity index (χ2n) is 4.11. The third-order valence-corrected chi connectivity index (χ3v) is 2.84. The Labute approximate surface area is 107 Å². The number of hydrazine groups is 1. The number of nitrogen functional groups attached to an aromatic ring is 1. The number of nitrogens with zero attached hydrogens (tertiary/aromatic N) is 2. The lowest BCUT2D eigenvalue weighted by atomic mass is 10.1. The molecular weight excluding hydrogens is 232 g/mol. The van der Waals surface area contributed by atoms with Crippen molar-refractivity contribution in [2.24, 2.45) is 5.84 Å². The lowest BCUT2D eigenvalue weighted by molar-refractivity contribution is -0.384. The van der Waals surface area contributed by atoms with Crippen molar-refractivity contribution >= 4 is 11.4 Å². The Morgan fingerprint density at radius 3 is 2.67 bits per heavy atom. The Kier molecular flexibility index (Phi) is 5.54. The molecule has 18 heavy (non-hydrogen) atoms. The molecule has 0 aliphatic carbocycles. The molecule has 1 aromatic carbocycles. The molecule has 0 atom stereocenters. The quantitative estimate of drug-likeness (QED) is 0.441. The number of benzene rings is 1. The van der Waals surface area contributed by atoms with E-state index in [1.54, 1.807) is 12.1 Å². The number of nitrogens with two attached hydrogens (primary N) is 1. The molecule has 0 saturated heterocycles. The molecule has 3 N–H and O–H groups in total. The first-order chi connectivity index (χ1) is 8.62. The van der Waals surface area contributed by atoms with Gasteiger partial charge >= 0.3 is 0 Å². The molecule has 0 bridgehead atoms. The summed E-state index contributed by atoms with van der Waals surface area (Å²) in [6.45, 7) is 6.70. The zero-order valence-corrected chi connectivity index (χ0v) is 10.8. The Morgan fingerprint density at radius 2 is 2.17 bits per heavy atom. The predicted octanol–water partition coefficient (Wildman–Crippen LogP) is 2.11. The number of rotatable bonds is 7. The van der Waals surface area contributed by atoms with Gasteiger partial charge in [-0.3, -0.25) is 20.9 Å². The lowest BCUT2D eigenvalue weighted by Gasteiger charge is -2.21. The summed E-state index contributed by atoms with van der Waals surface area (Å²) >= 11 is 0. The minimum atomic E-state index is -0.389. The zero-order chi connectivity index (χ0) is 13.5. The van der Waals surface area contributed by atoms with E-state index in [0.717, 1.165) is 30.8 Å². The normalized spacial score (nSPS) is 10.7. The molecule has 0 spiro atoms. The van der Waals surface area contributed by atoms with Crippen LogP contribution in [0.3, 0.4) is 0 Å². The number of nitro benzene ring substituents is 1. The number of nitro groups is 1. The molecule has 1 aromatic rings. The first-order valence-corrected chi connectivity index (χ1v) is 6.08. The van der Waals surface area contributed by atoms with Gasteiger partial charge in [0.15, 0.2) is 0 Å². The first-order valence-electron chi connectivity index (χ1n) is 6.08. The van der Waals surface area contributed by atoms with Crippen molar-refractivity contribution in [1.82, 2.24) is 4.90 Å². The summed E-state index contributed by atoms with van der Waals surface area (Å²) in [5, 5.41) is 10.8. The Bertz CT molecular complexity index is 409. The van der Waals surface area contributed by atoms with Crippen molar-refractivity contribution in [3.63, 3.8) is 0 Å². The summed E-state index contributed by atoms with van der Waals surface area (Å²) in [5.41, 5.74) is 4.26. The van der Waals surface area contributed by atoms with Gasteiger partial charge in [-0.1, -0.05) is 13.8 Å². The van der Waals surface area contributed by atoms with Crippen molar-refractivity contribution in [3.8, 4) is 0 Å². The highest BCUT2D eigenvalue weighted by atomic mass is 16.6. The van der Waals surface area contributed by atoms with Crippen molar-refractivity contribution < 1.29 is 4.92 Å². The molecule has 6 heteroatoms. The molecule has 0 aromatic heterocycles. The molecule has 6 nitrogen and oxygen atoms in total. The minimum Gasteiger partial charge on any atom is -0.324 e. The summed E-state index contributed by atoms with van der Waals surface area (Å²) in [4.78, 5) is 12.6. The fourth-order valence-corrected chi connectivity index (χ4v) is 1.87. The van der Waals surface area contributed by atoms with Crippen LogP contribution in [0.5, 0.6) is 0 Å². The highest BCUT2D eigenvalue weighted by Gasteiger charge is 2.12. The van der Waals surface area contributed by atoms with Crippen molar-refractivity contribution in [2.45, 2.75) is 26.8 Å². The van der Waals surface area contributed by atoms with Crippen molar-refractivity contribution in [3.05, 3.63) is 33.9 Å². The van der Waals surface area contributed by atoms with E-state index in [2.05, 4.69) is 24.2 Å². The van der Waals surface area contributed by atoms with Crippen LogP contribution in [-0.4, -0.2) is 22.9 Å². The lowest BCUT2D eigenvalue weighted by Crippen LogP contribution is -2.24. The maximum atomic E-state index is 10.8. The number of hydrogen-bond acceptors (Lipinski definition) is 5. The fourth-order valence-electron chi connectivity index (χ4n) is 1.87. The van der Waals surface area contributed by atoms with Gasteiger partial charge in [-0.05, 0) is 31.1 Å². The fraction of sp³-hybridized carbons (Fsp3) is 0.500. The highest BCUT2D eigenvalue weighted by molar-refractivity contribution is 5.55. The van der Waals surface area contributed by atoms with E-state index in [9.17, 15) is 10.1 Å². The number of nitrogens with one attached hydrogen (secondary N) is 1. The molecule has 0 unspecified atom stereocenters. The van der Waals surface area contributed by atoms with Crippen molar-refractivity contribution in [1.29, 1.82) is 0 Å². The van der Waals surface area contributed by atoms with Crippen molar-refractivity contribution in [2.75, 3.05) is 18.5 Å². The van der Waals surface area contributed by atoms with Gasteiger partial charge in [0, 0.05) is 18.7 Å². The monoisotopic (exact) mass is 252 g/mol. The third kappa shape index (κ3) is 3.68. The van der Waals surface area contributed by atoms with Crippen LogP contribution < -0.4 is 11.3 Å². The van der Waals surface area contributed by atoms with Crippen LogP contribution in [0.4, 0.5) is 11.4 Å². The van der Waals surface area contributed by atoms with Crippen LogP contribution in [0.15, 0.2) is 18.2 Å². The maximum Gasteiger partial charge on any atom is 0.269 e. The summed E-state index contributed by atoms with van der Waals surface area (Å²) in [7, 11) is 0. The average molecular weight is 252 g/mol. The van der Waals surface area contributed by atoms with Gasteiger partial charge < -0.3 is 5.43 Å². The SMILES string of the molecule is CCCN(CC)Cc1cc([N+](=O)[O-])ccc1NN. The summed E-state index contributed by atoms with van der Waals surface area (Å²) in [5.74, 6) is 5.43. The molecule has 0 saturated carbocycles. The van der Waals surface area contributed by atoms with Crippen LogP contribution in [0, 0.1) is 10.1 Å². The third-order valence-electron chi connectivity index (χ3n) is 2.84. The second-order valence-corrected chi connectivity index (χ2v) is 4.11. The Hall–Kier alpha value is -1.66. The van der Waals surface area contributed by atoms with E-state index in [4.69, 9.17) is 5.84 Å². The summed E-state index contributed by atoms with van der Waals surface area (Å²) in [6.07, 6.45) is 1.05. The van der Waals surface area contributed by atoms with Crippen LogP contribution in [0.25, 0.3) is 0 Å². The molecular formula is C12H20N4O2. The number of non-ortho nitro benzene ring substituents is 1. The molecule has 0 amide bonds. The van der Waals surface area contributed by atoms with Gasteiger partial charge in [-0.2, -0.15) is 0 Å². The minimum absolute atomic E-state index is 0.0940. The number of hydrogen-bond donors (Lipinski definition) is 2. The van der Waals surface area contributed by atoms with E-state index in [1.165, 1.54) is 6.07 Å². The second kappa shape index (κ2) is 6.93. The first kappa shape index (κ1) is 14.4. The smallest absolute Gasteiger partial charge is 0.269 e. The molecule has 100 valence electrons. The highest BCUT2D eigenvalue weighted by Crippen LogP contribution is 2.22. The van der Waals surface area contributed by atoms with E-state index in [0.29, 0.717) is 6.54 Å². The van der Waals surface area contributed by atoms with E-state index < -0.39 is 0 Å². The van der Waals surface area contributed by atoms with E-state index in [-0.39, 0.29) is 10.6 Å². The molecule has 1 rings (SSSR count). The van der Waals surface area contributed by atoms with Gasteiger partial charge in [0.1, 0.15) is 0 Å². The van der Waals surface area contributed by atoms with Crippen LogP contribution in [0.1, 0.15) is 25.8 Å². The molecule has 0 aliphatic rings. The van der Waals surface area contributed by atoms with Gasteiger partial charge in [-0.25, -0.2) is 0 Å². The Balaban J connectivity index is 2.96. The van der Waals surface area contributed by atoms with E-state index in [1.807, 2.05) is 0 Å². The number of anilines is 1. The predicted molar refractivity (Wildman–Crippen MR) is 72.1 cm³/mol. The summed E-state index contributed by atoms with van der Waals surface area (Å²) in [6, 6.07) is 4.68. The maximum absolute atomic E-state index is 10.8. The van der Waals surface area contributed by atoms with Gasteiger partial charge in [0.2, 0.25) is 0 Å². The largest absolute Gasteiger partial charge is 0.324 e. The van der Waals surface area contributed by atoms with Crippen LogP contribution in [-0.2, 0) is 6.54 Å². The van der Waals surface area contributed by atoms with E-state index >= 15 is 0 Å². The van der Waals surface area contributed by atoms with Crippen LogP contribution >= 0.6 is 0 Å². The van der Waals surface area contributed by atoms with Gasteiger partial charge in [0.05, 0.1) is 10.6 Å². The zero-order valence-electron chi connectivity index (χ0n) is 10.8. The summed E-state index contributed by atoms with van der Waals surface area (Å²) < 4.78 is 0.